The van der Waals surface area contributed by atoms with E-state index in [1.165, 1.54) is 0 Å². The Morgan fingerprint density at radius 1 is 1.26 bits per heavy atom. The highest BCUT2D eigenvalue weighted by Crippen LogP contribution is 2.31. The Bertz CT molecular complexity index is 1130. The fourth-order valence-electron chi connectivity index (χ4n) is 4.05. The minimum absolute atomic E-state index is 0.0111. The summed E-state index contributed by atoms with van der Waals surface area (Å²) in [5, 5.41) is 15.7. The third-order valence-electron chi connectivity index (χ3n) is 5.41. The van der Waals surface area contributed by atoms with Gasteiger partial charge in [0.1, 0.15) is 5.82 Å². The summed E-state index contributed by atoms with van der Waals surface area (Å²) in [6.07, 6.45) is 5.57. The van der Waals surface area contributed by atoms with Gasteiger partial charge >= 0.3 is 0 Å². The van der Waals surface area contributed by atoms with Crippen molar-refractivity contribution in [2.24, 2.45) is 0 Å². The third-order valence-corrected chi connectivity index (χ3v) is 6.09. The number of fused-ring (bicyclic) bond motifs is 3. The van der Waals surface area contributed by atoms with Crippen LogP contribution in [0.15, 0.2) is 53.5 Å². The molecule has 1 unspecified atom stereocenters. The van der Waals surface area contributed by atoms with E-state index in [-0.39, 0.29) is 18.6 Å². The molecule has 1 fully saturated rings. The Labute approximate surface area is 160 Å². The largest absolute Gasteiger partial charge is 0.394 e. The number of pyridine rings is 1. The molecule has 0 bridgehead atoms. The van der Waals surface area contributed by atoms with E-state index in [2.05, 4.69) is 10.4 Å². The summed E-state index contributed by atoms with van der Waals surface area (Å²) in [7, 11) is 0. The number of amides is 1. The zero-order valence-electron chi connectivity index (χ0n) is 14.7. The zero-order valence-corrected chi connectivity index (χ0v) is 15.5. The number of imidazole rings is 1. The van der Waals surface area contributed by atoms with Crippen LogP contribution in [0.25, 0.3) is 27.7 Å². The van der Waals surface area contributed by atoms with Crippen LogP contribution < -0.4 is 0 Å². The van der Waals surface area contributed by atoms with E-state index < -0.39 is 0 Å². The fraction of sp³-hybridized carbons (Fsp3) is 0.238. The molecule has 0 saturated carbocycles. The molecule has 27 heavy (non-hydrogen) atoms. The number of thiophene rings is 1. The van der Waals surface area contributed by atoms with Crippen molar-refractivity contribution in [2.75, 3.05) is 13.2 Å². The van der Waals surface area contributed by atoms with E-state index in [0.29, 0.717) is 12.1 Å². The van der Waals surface area contributed by atoms with Gasteiger partial charge in [0.2, 0.25) is 0 Å². The van der Waals surface area contributed by atoms with E-state index in [4.69, 9.17) is 0 Å². The zero-order chi connectivity index (χ0) is 18.4. The summed E-state index contributed by atoms with van der Waals surface area (Å²) >= 11 is 1.63. The lowest BCUT2D eigenvalue weighted by Crippen LogP contribution is -2.37. The normalized spacial score (nSPS) is 17.2. The Morgan fingerprint density at radius 2 is 2.11 bits per heavy atom. The first kappa shape index (κ1) is 16.5. The summed E-state index contributed by atoms with van der Waals surface area (Å²) in [6.45, 7) is 0.703. The summed E-state index contributed by atoms with van der Waals surface area (Å²) in [5.74, 6) is 0.820. The van der Waals surface area contributed by atoms with Crippen LogP contribution in [-0.2, 0) is 0 Å². The van der Waals surface area contributed by atoms with Crippen LogP contribution in [0.5, 0.6) is 0 Å². The number of rotatable bonds is 3. The number of carbonyl (C=O) groups excluding carboxylic acids is 1. The molecule has 6 heteroatoms. The summed E-state index contributed by atoms with van der Waals surface area (Å²) in [5.41, 5.74) is 2.69. The Balaban J connectivity index is 1.75. The van der Waals surface area contributed by atoms with E-state index in [0.717, 1.165) is 40.5 Å². The first-order valence-corrected chi connectivity index (χ1v) is 10.1. The molecule has 3 aromatic heterocycles. The molecule has 4 heterocycles. The number of benzene rings is 1. The maximum absolute atomic E-state index is 13.4. The predicted octanol–water partition coefficient (Wildman–Crippen LogP) is 3.81. The van der Waals surface area contributed by atoms with Crippen LogP contribution in [0.4, 0.5) is 0 Å². The second kappa shape index (κ2) is 6.48. The molecule has 0 spiro atoms. The smallest absolute Gasteiger partial charge is 0.256 e. The summed E-state index contributed by atoms with van der Waals surface area (Å²) in [6, 6.07) is 9.92. The average molecular weight is 377 g/mol. The van der Waals surface area contributed by atoms with Gasteiger partial charge in [0.05, 0.1) is 29.9 Å². The fourth-order valence-corrected chi connectivity index (χ4v) is 4.69. The van der Waals surface area contributed by atoms with Crippen LogP contribution >= 0.6 is 11.3 Å². The Kier molecular flexibility index (Phi) is 3.95. The highest BCUT2D eigenvalue weighted by molar-refractivity contribution is 7.08. The van der Waals surface area contributed by atoms with Crippen molar-refractivity contribution in [3.63, 3.8) is 0 Å². The highest BCUT2D eigenvalue weighted by Gasteiger charge is 2.30. The van der Waals surface area contributed by atoms with Crippen LogP contribution in [-0.4, -0.2) is 44.5 Å². The lowest BCUT2D eigenvalue weighted by Gasteiger charge is -2.24. The number of likely N-dealkylation sites (tertiary alicyclic amines) is 1. The van der Waals surface area contributed by atoms with Gasteiger partial charge in [0, 0.05) is 29.1 Å². The molecular formula is C21H19N3O2S. The van der Waals surface area contributed by atoms with Gasteiger partial charge < -0.3 is 10.0 Å². The van der Waals surface area contributed by atoms with Crippen molar-refractivity contribution >= 4 is 33.5 Å². The molecule has 1 aliphatic heterocycles. The number of carbonyl (C=O) groups is 1. The van der Waals surface area contributed by atoms with Crippen molar-refractivity contribution < 1.29 is 9.90 Å². The SMILES string of the molecule is O=C(c1cn2c(-c3ccsc3)ncc2c2ccccc12)N1CCCC1CO. The lowest BCUT2D eigenvalue weighted by atomic mass is 10.0. The van der Waals surface area contributed by atoms with Crippen LogP contribution in [0.1, 0.15) is 23.2 Å². The topological polar surface area (TPSA) is 57.8 Å². The van der Waals surface area contributed by atoms with E-state index in [1.807, 2.05) is 57.4 Å². The molecule has 1 amide bonds. The summed E-state index contributed by atoms with van der Waals surface area (Å²) in [4.78, 5) is 19.8. The van der Waals surface area contributed by atoms with Gasteiger partial charge in [-0.05, 0) is 29.7 Å². The first-order valence-electron chi connectivity index (χ1n) is 9.11. The van der Waals surface area contributed by atoms with Crippen LogP contribution in [0, 0.1) is 0 Å². The monoisotopic (exact) mass is 377 g/mol. The molecule has 1 atom stereocenters. The maximum atomic E-state index is 13.4. The molecule has 5 rings (SSSR count). The predicted molar refractivity (Wildman–Crippen MR) is 107 cm³/mol. The van der Waals surface area contributed by atoms with Gasteiger partial charge in [-0.15, -0.1) is 0 Å². The standard InChI is InChI=1S/C21H19N3O2S/c25-12-15-4-3-8-23(15)21(26)18-11-24-19(17-6-2-1-5-16(17)18)10-22-20(24)14-7-9-27-13-14/h1-2,5-7,9-11,13,15,25H,3-4,8,12H2. The number of aromatic nitrogens is 2. The molecule has 0 aliphatic carbocycles. The van der Waals surface area contributed by atoms with Gasteiger partial charge in [-0.2, -0.15) is 11.3 Å². The molecule has 4 aromatic rings. The van der Waals surface area contributed by atoms with Crippen molar-refractivity contribution in [3.8, 4) is 11.4 Å². The van der Waals surface area contributed by atoms with Crippen molar-refractivity contribution in [1.82, 2.24) is 14.3 Å². The number of hydrogen-bond donors (Lipinski definition) is 1. The maximum Gasteiger partial charge on any atom is 0.256 e. The second-order valence-corrected chi connectivity index (χ2v) is 7.69. The Hall–Kier alpha value is -2.70. The van der Waals surface area contributed by atoms with Crippen LogP contribution in [0.2, 0.25) is 0 Å². The van der Waals surface area contributed by atoms with Crippen molar-refractivity contribution in [2.45, 2.75) is 18.9 Å². The third kappa shape index (κ3) is 2.56. The van der Waals surface area contributed by atoms with E-state index >= 15 is 0 Å². The van der Waals surface area contributed by atoms with Gasteiger partial charge in [-0.3, -0.25) is 9.20 Å². The van der Waals surface area contributed by atoms with Gasteiger partial charge in [-0.1, -0.05) is 24.3 Å². The van der Waals surface area contributed by atoms with Gasteiger partial charge in [-0.25, -0.2) is 4.98 Å². The highest BCUT2D eigenvalue weighted by atomic mass is 32.1. The molecule has 1 aromatic carbocycles. The van der Waals surface area contributed by atoms with Crippen molar-refractivity contribution in [3.05, 3.63) is 59.0 Å². The Morgan fingerprint density at radius 3 is 2.89 bits per heavy atom. The minimum Gasteiger partial charge on any atom is -0.394 e. The quantitative estimate of drug-likeness (QED) is 0.591. The number of hydrogen-bond acceptors (Lipinski definition) is 4. The second-order valence-electron chi connectivity index (χ2n) is 6.91. The van der Waals surface area contributed by atoms with Gasteiger partial charge in [0.25, 0.3) is 5.91 Å². The molecule has 136 valence electrons. The number of aliphatic hydroxyl groups excluding tert-OH is 1. The summed E-state index contributed by atoms with van der Waals surface area (Å²) < 4.78 is 2.02. The van der Waals surface area contributed by atoms with Crippen LogP contribution in [0.3, 0.4) is 0 Å². The van der Waals surface area contributed by atoms with Crippen molar-refractivity contribution in [1.29, 1.82) is 0 Å². The molecular weight excluding hydrogens is 358 g/mol. The minimum atomic E-state index is -0.0916. The molecule has 1 N–H and O–H groups in total. The molecule has 1 saturated heterocycles. The van der Waals surface area contributed by atoms with E-state index in [1.54, 1.807) is 11.3 Å². The molecule has 5 nitrogen and oxygen atoms in total. The van der Waals surface area contributed by atoms with Gasteiger partial charge in [0.15, 0.2) is 0 Å². The first-order chi connectivity index (χ1) is 13.3. The molecule has 0 radical (unpaired) electrons. The lowest BCUT2D eigenvalue weighted by molar-refractivity contribution is 0.0679. The number of aliphatic hydroxyl groups is 1. The average Bonchev–Trinajstić information content (AvgIpc) is 3.46. The molecule has 1 aliphatic rings. The number of nitrogens with zero attached hydrogens (tertiary/aromatic N) is 3. The van der Waals surface area contributed by atoms with E-state index in [9.17, 15) is 9.90 Å².